The first-order chi connectivity index (χ1) is 14.0. The maximum absolute atomic E-state index is 14.0. The average molecular weight is 397 g/mol. The number of benzene rings is 1. The summed E-state index contributed by atoms with van der Waals surface area (Å²) in [6.07, 6.45) is 1.76. The fourth-order valence-corrected chi connectivity index (χ4v) is 3.36. The number of hydrogen-bond donors (Lipinski definition) is 0. The lowest BCUT2D eigenvalue weighted by Crippen LogP contribution is -2.46. The average Bonchev–Trinajstić information content (AvgIpc) is 3.25. The van der Waals surface area contributed by atoms with Crippen molar-refractivity contribution in [2.24, 2.45) is 0 Å². The van der Waals surface area contributed by atoms with E-state index in [0.717, 1.165) is 43.2 Å². The SMILES string of the molecule is COc1ccc(N2CCN(c3cc(-c4nc(C(C)C)no4)ccn3)CC2)cc1F. The van der Waals surface area contributed by atoms with Crippen molar-refractivity contribution >= 4 is 11.5 Å². The van der Waals surface area contributed by atoms with E-state index in [9.17, 15) is 4.39 Å². The third-order valence-electron chi connectivity index (χ3n) is 5.05. The molecule has 0 unspecified atom stereocenters. The van der Waals surface area contributed by atoms with E-state index in [0.29, 0.717) is 11.7 Å². The number of pyridine rings is 1. The van der Waals surface area contributed by atoms with Gasteiger partial charge >= 0.3 is 0 Å². The van der Waals surface area contributed by atoms with Crippen LogP contribution in [0.1, 0.15) is 25.6 Å². The maximum atomic E-state index is 14.0. The van der Waals surface area contributed by atoms with E-state index in [2.05, 4.69) is 24.9 Å². The molecule has 3 heterocycles. The number of hydrogen-bond acceptors (Lipinski definition) is 7. The summed E-state index contributed by atoms with van der Waals surface area (Å²) in [5.41, 5.74) is 1.71. The monoisotopic (exact) mass is 397 g/mol. The van der Waals surface area contributed by atoms with E-state index in [1.807, 2.05) is 32.0 Å². The van der Waals surface area contributed by atoms with Crippen LogP contribution in [0.2, 0.25) is 0 Å². The van der Waals surface area contributed by atoms with E-state index < -0.39 is 0 Å². The van der Waals surface area contributed by atoms with Crippen molar-refractivity contribution in [3.05, 3.63) is 48.2 Å². The molecule has 0 spiro atoms. The van der Waals surface area contributed by atoms with Gasteiger partial charge in [0.25, 0.3) is 5.89 Å². The van der Waals surface area contributed by atoms with Gasteiger partial charge < -0.3 is 19.1 Å². The number of methoxy groups -OCH3 is 1. The Bertz CT molecular complexity index is 983. The highest BCUT2D eigenvalue weighted by molar-refractivity contribution is 5.59. The van der Waals surface area contributed by atoms with Crippen molar-refractivity contribution in [3.63, 3.8) is 0 Å². The Morgan fingerprint density at radius 3 is 2.48 bits per heavy atom. The van der Waals surface area contributed by atoms with E-state index >= 15 is 0 Å². The molecule has 0 saturated carbocycles. The molecule has 0 amide bonds. The molecule has 0 radical (unpaired) electrons. The lowest BCUT2D eigenvalue weighted by atomic mass is 10.2. The van der Waals surface area contributed by atoms with Gasteiger partial charge in [-0.2, -0.15) is 4.98 Å². The Kier molecular flexibility index (Phi) is 5.33. The minimum Gasteiger partial charge on any atom is -0.494 e. The standard InChI is InChI=1S/C21H24FN5O2/c1-14(2)20-24-21(29-25-20)15-6-7-23-19(12-15)27-10-8-26(9-11-27)16-4-5-18(28-3)17(22)13-16/h4-7,12-14H,8-11H2,1-3H3. The van der Waals surface area contributed by atoms with E-state index in [1.54, 1.807) is 12.3 Å². The maximum Gasteiger partial charge on any atom is 0.258 e. The second-order valence-electron chi connectivity index (χ2n) is 7.31. The number of ether oxygens (including phenoxy) is 1. The van der Waals surface area contributed by atoms with Gasteiger partial charge in [-0.3, -0.25) is 0 Å². The normalized spacial score (nSPS) is 14.5. The quantitative estimate of drug-likeness (QED) is 0.650. The highest BCUT2D eigenvalue weighted by atomic mass is 19.1. The highest BCUT2D eigenvalue weighted by Gasteiger charge is 2.20. The Labute approximate surface area is 169 Å². The first kappa shape index (κ1) is 19.2. The van der Waals surface area contributed by atoms with Crippen LogP contribution in [0.5, 0.6) is 5.75 Å². The van der Waals surface area contributed by atoms with E-state index in [4.69, 9.17) is 9.26 Å². The van der Waals surface area contributed by atoms with Gasteiger partial charge in [0.05, 0.1) is 7.11 Å². The zero-order chi connectivity index (χ0) is 20.4. The van der Waals surface area contributed by atoms with Crippen LogP contribution in [0, 0.1) is 5.82 Å². The van der Waals surface area contributed by atoms with Gasteiger partial charge in [0.1, 0.15) is 5.82 Å². The number of anilines is 2. The van der Waals surface area contributed by atoms with Gasteiger partial charge in [-0.1, -0.05) is 19.0 Å². The molecule has 4 rings (SSSR count). The summed E-state index contributed by atoms with van der Waals surface area (Å²) < 4.78 is 24.4. The molecule has 8 heteroatoms. The third-order valence-corrected chi connectivity index (χ3v) is 5.05. The van der Waals surface area contributed by atoms with Crippen molar-refractivity contribution in [3.8, 4) is 17.2 Å². The molecule has 1 fully saturated rings. The van der Waals surface area contributed by atoms with Gasteiger partial charge in [-0.15, -0.1) is 0 Å². The summed E-state index contributed by atoms with van der Waals surface area (Å²) in [6, 6.07) is 8.92. The van der Waals surface area contributed by atoms with Gasteiger partial charge in [0, 0.05) is 55.6 Å². The number of nitrogens with zero attached hydrogens (tertiary/aromatic N) is 5. The Hall–Kier alpha value is -3.16. The Morgan fingerprint density at radius 2 is 1.83 bits per heavy atom. The molecular weight excluding hydrogens is 373 g/mol. The van der Waals surface area contributed by atoms with Crippen LogP contribution in [0.4, 0.5) is 15.9 Å². The molecule has 2 aromatic heterocycles. The minimum absolute atomic E-state index is 0.213. The lowest BCUT2D eigenvalue weighted by molar-refractivity contribution is 0.386. The van der Waals surface area contributed by atoms with Crippen molar-refractivity contribution in [1.82, 2.24) is 15.1 Å². The van der Waals surface area contributed by atoms with Crippen LogP contribution in [-0.2, 0) is 0 Å². The largest absolute Gasteiger partial charge is 0.494 e. The first-order valence-electron chi connectivity index (χ1n) is 9.68. The summed E-state index contributed by atoms with van der Waals surface area (Å²) in [4.78, 5) is 13.3. The number of halogens is 1. The molecule has 0 bridgehead atoms. The molecule has 3 aromatic rings. The molecule has 0 N–H and O–H groups in total. The van der Waals surface area contributed by atoms with Crippen molar-refractivity contribution in [1.29, 1.82) is 0 Å². The summed E-state index contributed by atoms with van der Waals surface area (Å²) in [7, 11) is 1.47. The molecule has 0 aliphatic carbocycles. The first-order valence-corrected chi connectivity index (χ1v) is 9.68. The fourth-order valence-electron chi connectivity index (χ4n) is 3.36. The smallest absolute Gasteiger partial charge is 0.258 e. The van der Waals surface area contributed by atoms with Crippen LogP contribution in [0.25, 0.3) is 11.5 Å². The second kappa shape index (κ2) is 8.06. The van der Waals surface area contributed by atoms with Crippen LogP contribution >= 0.6 is 0 Å². The molecule has 29 heavy (non-hydrogen) atoms. The highest BCUT2D eigenvalue weighted by Crippen LogP contribution is 2.27. The molecule has 0 atom stereocenters. The van der Waals surface area contributed by atoms with Gasteiger partial charge in [0.2, 0.25) is 0 Å². The van der Waals surface area contributed by atoms with Crippen molar-refractivity contribution in [2.45, 2.75) is 19.8 Å². The van der Waals surface area contributed by atoms with Crippen LogP contribution < -0.4 is 14.5 Å². The predicted octanol–water partition coefficient (Wildman–Crippen LogP) is 3.73. The number of piperazine rings is 1. The fraction of sp³-hybridized carbons (Fsp3) is 0.381. The molecule has 152 valence electrons. The zero-order valence-electron chi connectivity index (χ0n) is 16.8. The van der Waals surface area contributed by atoms with Crippen LogP contribution in [0.15, 0.2) is 41.1 Å². The molecular formula is C21H24FN5O2. The summed E-state index contributed by atoms with van der Waals surface area (Å²) in [5, 5.41) is 4.03. The Balaban J connectivity index is 1.45. The zero-order valence-corrected chi connectivity index (χ0v) is 16.8. The molecule has 1 aromatic carbocycles. The molecule has 1 saturated heterocycles. The third kappa shape index (κ3) is 4.01. The van der Waals surface area contributed by atoms with Crippen LogP contribution in [-0.4, -0.2) is 48.4 Å². The summed E-state index contributed by atoms with van der Waals surface area (Å²) in [5.74, 6) is 2.19. The topological polar surface area (TPSA) is 67.5 Å². The predicted molar refractivity (Wildman–Crippen MR) is 109 cm³/mol. The minimum atomic E-state index is -0.345. The van der Waals surface area contributed by atoms with Gasteiger partial charge in [-0.05, 0) is 24.3 Å². The number of aromatic nitrogens is 3. The molecule has 1 aliphatic heterocycles. The summed E-state index contributed by atoms with van der Waals surface area (Å²) in [6.45, 7) is 7.17. The van der Waals surface area contributed by atoms with E-state index in [-0.39, 0.29) is 17.5 Å². The van der Waals surface area contributed by atoms with Crippen molar-refractivity contribution in [2.75, 3.05) is 43.1 Å². The summed E-state index contributed by atoms with van der Waals surface area (Å²) >= 11 is 0. The lowest BCUT2D eigenvalue weighted by Gasteiger charge is -2.36. The van der Waals surface area contributed by atoms with Gasteiger partial charge in [-0.25, -0.2) is 9.37 Å². The molecule has 1 aliphatic rings. The molecule has 7 nitrogen and oxygen atoms in total. The van der Waals surface area contributed by atoms with Crippen molar-refractivity contribution < 1.29 is 13.7 Å². The van der Waals surface area contributed by atoms with Crippen LogP contribution in [0.3, 0.4) is 0 Å². The van der Waals surface area contributed by atoms with E-state index in [1.165, 1.54) is 13.2 Å². The second-order valence-corrected chi connectivity index (χ2v) is 7.31. The number of rotatable bonds is 5. The van der Waals surface area contributed by atoms with Gasteiger partial charge in [0.15, 0.2) is 17.4 Å². The Morgan fingerprint density at radius 1 is 1.07 bits per heavy atom.